The number of hydrogen-bond donors (Lipinski definition) is 2. The number of carbonyl (C=O) groups excluding carboxylic acids is 1. The molecule has 7 nitrogen and oxygen atoms in total. The molecule has 0 aromatic heterocycles. The van der Waals surface area contributed by atoms with E-state index in [1.54, 1.807) is 57.5 Å². The van der Waals surface area contributed by atoms with Gasteiger partial charge in [-0.3, -0.25) is 9.52 Å². The summed E-state index contributed by atoms with van der Waals surface area (Å²) in [6.07, 6.45) is 0.771. The van der Waals surface area contributed by atoms with Gasteiger partial charge in [0.25, 0.3) is 10.0 Å². The van der Waals surface area contributed by atoms with Gasteiger partial charge in [-0.2, -0.15) is 0 Å². The number of rotatable bonds is 9. The molecule has 0 unspecified atom stereocenters. The number of amides is 1. The molecule has 0 saturated carbocycles. The number of benzene rings is 3. The van der Waals surface area contributed by atoms with E-state index in [2.05, 4.69) is 10.0 Å². The van der Waals surface area contributed by atoms with Gasteiger partial charge in [-0.15, -0.1) is 0 Å². The van der Waals surface area contributed by atoms with Crippen LogP contribution in [0.3, 0.4) is 0 Å². The van der Waals surface area contributed by atoms with Gasteiger partial charge in [0.1, 0.15) is 0 Å². The van der Waals surface area contributed by atoms with Crippen LogP contribution < -0.4 is 19.5 Å². The molecule has 0 spiro atoms. The maximum absolute atomic E-state index is 12.7. The standard InChI is InChI=1S/C24H25ClN2O5S/c1-16-4-7-18(25)15-21(16)27-33(29,30)20-10-8-19(9-11-20)26-24(28)13-6-17-5-12-22(31-2)23(14-17)32-3/h4-5,7-12,14-15,27H,6,13H2,1-3H3,(H,26,28). The summed E-state index contributed by atoms with van der Waals surface area (Å²) in [4.78, 5) is 12.4. The monoisotopic (exact) mass is 488 g/mol. The number of sulfonamides is 1. The predicted molar refractivity (Wildman–Crippen MR) is 130 cm³/mol. The van der Waals surface area contributed by atoms with E-state index in [1.807, 2.05) is 12.1 Å². The van der Waals surface area contributed by atoms with Crippen LogP contribution in [0.2, 0.25) is 5.02 Å². The lowest BCUT2D eigenvalue weighted by molar-refractivity contribution is -0.116. The molecule has 0 heterocycles. The number of aryl methyl sites for hydroxylation is 2. The number of methoxy groups -OCH3 is 2. The lowest BCUT2D eigenvalue weighted by atomic mass is 10.1. The van der Waals surface area contributed by atoms with Gasteiger partial charge < -0.3 is 14.8 Å². The molecule has 174 valence electrons. The van der Waals surface area contributed by atoms with Crippen LogP contribution in [0.1, 0.15) is 17.5 Å². The Labute approximate surface area is 198 Å². The Balaban J connectivity index is 1.60. The Hall–Kier alpha value is -3.23. The summed E-state index contributed by atoms with van der Waals surface area (Å²) in [7, 11) is -0.675. The largest absolute Gasteiger partial charge is 0.493 e. The first-order valence-electron chi connectivity index (χ1n) is 10.1. The van der Waals surface area contributed by atoms with Crippen LogP contribution >= 0.6 is 11.6 Å². The minimum atomic E-state index is -3.80. The van der Waals surface area contributed by atoms with Gasteiger partial charge >= 0.3 is 0 Å². The summed E-state index contributed by atoms with van der Waals surface area (Å²) in [6.45, 7) is 1.79. The number of halogens is 1. The highest BCUT2D eigenvalue weighted by atomic mass is 35.5. The molecular weight excluding hydrogens is 464 g/mol. The van der Waals surface area contributed by atoms with Crippen molar-refractivity contribution in [2.24, 2.45) is 0 Å². The zero-order valence-electron chi connectivity index (χ0n) is 18.5. The van der Waals surface area contributed by atoms with Crippen molar-refractivity contribution in [3.63, 3.8) is 0 Å². The molecular formula is C24H25ClN2O5S. The summed E-state index contributed by atoms with van der Waals surface area (Å²) < 4.78 is 38.4. The Morgan fingerprint density at radius 2 is 1.64 bits per heavy atom. The Kier molecular flexibility index (Phi) is 7.84. The van der Waals surface area contributed by atoms with Crippen molar-refractivity contribution in [2.45, 2.75) is 24.7 Å². The van der Waals surface area contributed by atoms with Crippen LogP contribution in [0.5, 0.6) is 11.5 Å². The van der Waals surface area contributed by atoms with Gasteiger partial charge in [-0.1, -0.05) is 23.7 Å². The number of carbonyl (C=O) groups is 1. The quantitative estimate of drug-likeness (QED) is 0.440. The smallest absolute Gasteiger partial charge is 0.261 e. The second kappa shape index (κ2) is 10.6. The summed E-state index contributed by atoms with van der Waals surface area (Å²) >= 11 is 5.97. The van der Waals surface area contributed by atoms with Gasteiger partial charge in [-0.05, 0) is 73.0 Å². The van der Waals surface area contributed by atoms with E-state index in [0.29, 0.717) is 34.3 Å². The van der Waals surface area contributed by atoms with Crippen LogP contribution in [0.15, 0.2) is 65.6 Å². The highest BCUT2D eigenvalue weighted by Gasteiger charge is 2.16. The van der Waals surface area contributed by atoms with Crippen molar-refractivity contribution in [3.05, 3.63) is 76.8 Å². The fraction of sp³-hybridized carbons (Fsp3) is 0.208. The van der Waals surface area contributed by atoms with Crippen LogP contribution in [0, 0.1) is 6.92 Å². The van der Waals surface area contributed by atoms with Crippen molar-refractivity contribution in [3.8, 4) is 11.5 Å². The number of nitrogens with one attached hydrogen (secondary N) is 2. The second-order valence-electron chi connectivity index (χ2n) is 7.33. The van der Waals surface area contributed by atoms with Crippen LogP contribution in [0.25, 0.3) is 0 Å². The SMILES string of the molecule is COc1ccc(CCC(=O)Nc2ccc(S(=O)(=O)Nc3cc(Cl)ccc3C)cc2)cc1OC. The third kappa shape index (κ3) is 6.40. The summed E-state index contributed by atoms with van der Waals surface area (Å²) in [5.41, 5.74) is 2.60. The molecule has 0 aliphatic carbocycles. The van der Waals surface area contributed by atoms with Crippen LogP contribution in [-0.2, 0) is 21.2 Å². The molecule has 9 heteroatoms. The van der Waals surface area contributed by atoms with E-state index in [1.165, 1.54) is 12.1 Å². The summed E-state index contributed by atoms with van der Waals surface area (Å²) in [5.74, 6) is 1.04. The molecule has 0 atom stereocenters. The third-order valence-corrected chi connectivity index (χ3v) is 6.60. The predicted octanol–water partition coefficient (Wildman–Crippen LogP) is 5.04. The molecule has 3 aromatic rings. The fourth-order valence-corrected chi connectivity index (χ4v) is 4.44. The molecule has 1 amide bonds. The van der Waals surface area contributed by atoms with Crippen LogP contribution in [0.4, 0.5) is 11.4 Å². The molecule has 0 aliphatic rings. The molecule has 0 aliphatic heterocycles. The van der Waals surface area contributed by atoms with E-state index in [9.17, 15) is 13.2 Å². The van der Waals surface area contributed by atoms with Gasteiger partial charge in [0.2, 0.25) is 5.91 Å². The molecule has 0 bridgehead atoms. The topological polar surface area (TPSA) is 93.7 Å². The van der Waals surface area contributed by atoms with E-state index >= 15 is 0 Å². The van der Waals surface area contributed by atoms with Crippen molar-refractivity contribution in [2.75, 3.05) is 24.3 Å². The molecule has 0 saturated heterocycles. The molecule has 33 heavy (non-hydrogen) atoms. The lowest BCUT2D eigenvalue weighted by Crippen LogP contribution is -2.15. The van der Waals surface area contributed by atoms with E-state index < -0.39 is 10.0 Å². The summed E-state index contributed by atoms with van der Waals surface area (Å²) in [6, 6.07) is 16.5. The maximum Gasteiger partial charge on any atom is 0.261 e. The maximum atomic E-state index is 12.7. The van der Waals surface area contributed by atoms with Gasteiger partial charge in [-0.25, -0.2) is 8.42 Å². The zero-order valence-corrected chi connectivity index (χ0v) is 20.1. The highest BCUT2D eigenvalue weighted by Crippen LogP contribution is 2.28. The first-order chi connectivity index (χ1) is 15.7. The van der Waals surface area contributed by atoms with Crippen molar-refractivity contribution in [1.29, 1.82) is 0 Å². The van der Waals surface area contributed by atoms with Gasteiger partial charge in [0, 0.05) is 17.1 Å². The average molecular weight is 489 g/mol. The molecule has 2 N–H and O–H groups in total. The minimum absolute atomic E-state index is 0.0743. The number of ether oxygens (including phenoxy) is 2. The Bertz CT molecular complexity index is 1240. The zero-order chi connectivity index (χ0) is 24.0. The van der Waals surface area contributed by atoms with E-state index in [4.69, 9.17) is 21.1 Å². The molecule has 3 rings (SSSR count). The summed E-state index contributed by atoms with van der Waals surface area (Å²) in [5, 5.41) is 3.22. The molecule has 0 radical (unpaired) electrons. The Morgan fingerprint density at radius 3 is 2.30 bits per heavy atom. The highest BCUT2D eigenvalue weighted by molar-refractivity contribution is 7.92. The molecule has 3 aromatic carbocycles. The normalized spacial score (nSPS) is 11.0. The van der Waals surface area contributed by atoms with E-state index in [0.717, 1.165) is 11.1 Å². The first-order valence-corrected chi connectivity index (χ1v) is 12.0. The fourth-order valence-electron chi connectivity index (χ4n) is 3.14. The average Bonchev–Trinajstić information content (AvgIpc) is 2.80. The van der Waals surface area contributed by atoms with Crippen molar-refractivity contribution in [1.82, 2.24) is 0 Å². The van der Waals surface area contributed by atoms with Crippen LogP contribution in [-0.4, -0.2) is 28.5 Å². The number of anilines is 2. The first kappa shape index (κ1) is 24.4. The minimum Gasteiger partial charge on any atom is -0.493 e. The van der Waals surface area contributed by atoms with E-state index in [-0.39, 0.29) is 17.2 Å². The van der Waals surface area contributed by atoms with Gasteiger partial charge in [0.05, 0.1) is 24.8 Å². The molecule has 0 fully saturated rings. The third-order valence-electron chi connectivity index (χ3n) is 4.98. The van der Waals surface area contributed by atoms with Crippen molar-refractivity contribution >= 4 is 38.9 Å². The van der Waals surface area contributed by atoms with Crippen molar-refractivity contribution < 1.29 is 22.7 Å². The Morgan fingerprint density at radius 1 is 0.939 bits per heavy atom. The van der Waals surface area contributed by atoms with Gasteiger partial charge in [0.15, 0.2) is 11.5 Å². The lowest BCUT2D eigenvalue weighted by Gasteiger charge is -2.12. The second-order valence-corrected chi connectivity index (χ2v) is 9.45. The number of hydrogen-bond acceptors (Lipinski definition) is 5.